The second kappa shape index (κ2) is 6.11. The van der Waals surface area contributed by atoms with Crippen LogP contribution in [0.4, 0.5) is 5.69 Å². The molecule has 2 unspecified atom stereocenters. The molecule has 3 N–H and O–H groups in total. The van der Waals surface area contributed by atoms with Crippen LogP contribution in [0.2, 0.25) is 0 Å². The molecule has 2 rings (SSSR count). The fourth-order valence-corrected chi connectivity index (χ4v) is 4.11. The van der Waals surface area contributed by atoms with Crippen molar-refractivity contribution in [1.82, 2.24) is 4.72 Å². The lowest BCUT2D eigenvalue weighted by atomic mass is 10.0. The van der Waals surface area contributed by atoms with Gasteiger partial charge in [0.15, 0.2) is 0 Å². The predicted octanol–water partition coefficient (Wildman–Crippen LogP) is 1.16. The van der Waals surface area contributed by atoms with Crippen molar-refractivity contribution < 1.29 is 8.42 Å². The third-order valence-corrected chi connectivity index (χ3v) is 5.52. The van der Waals surface area contributed by atoms with Gasteiger partial charge in [0.05, 0.1) is 5.69 Å². The zero-order valence-corrected chi connectivity index (χ0v) is 12.9. The van der Waals surface area contributed by atoms with Crippen LogP contribution in [0, 0.1) is 5.92 Å². The highest BCUT2D eigenvalue weighted by molar-refractivity contribution is 7.89. The number of anilines is 1. The number of para-hydroxylation sites is 1. The van der Waals surface area contributed by atoms with Crippen molar-refractivity contribution in [2.45, 2.75) is 31.2 Å². The quantitative estimate of drug-likeness (QED) is 0.855. The van der Waals surface area contributed by atoms with Gasteiger partial charge in [0.25, 0.3) is 0 Å². The van der Waals surface area contributed by atoms with E-state index in [9.17, 15) is 8.42 Å². The molecule has 0 spiro atoms. The molecular weight excluding hydrogens is 274 g/mol. The highest BCUT2D eigenvalue weighted by atomic mass is 32.2. The minimum Gasteiger partial charge on any atom is -0.366 e. The predicted molar refractivity (Wildman–Crippen MR) is 81.3 cm³/mol. The van der Waals surface area contributed by atoms with Gasteiger partial charge in [0.1, 0.15) is 4.90 Å². The van der Waals surface area contributed by atoms with E-state index < -0.39 is 10.0 Å². The van der Waals surface area contributed by atoms with Gasteiger partial charge in [-0.05, 0) is 24.5 Å². The van der Waals surface area contributed by atoms with E-state index >= 15 is 0 Å². The zero-order chi connectivity index (χ0) is 14.8. The van der Waals surface area contributed by atoms with E-state index in [0.717, 1.165) is 18.7 Å². The van der Waals surface area contributed by atoms with E-state index in [0.29, 0.717) is 23.9 Å². The first kappa shape index (κ1) is 15.3. The Morgan fingerprint density at radius 1 is 1.40 bits per heavy atom. The molecule has 1 aliphatic heterocycles. The summed E-state index contributed by atoms with van der Waals surface area (Å²) < 4.78 is 27.2. The standard InChI is InChI=1S/C14H23N3O2S/c1-3-16-20(18,19)14-7-5-4-6-12(14)17-9-8-11(2)13(17)10-15/h4-7,11,13,16H,3,8-10,15H2,1-2H3. The first-order valence-electron chi connectivity index (χ1n) is 7.06. The number of hydrogen-bond acceptors (Lipinski definition) is 4. The van der Waals surface area contributed by atoms with Gasteiger partial charge < -0.3 is 10.6 Å². The van der Waals surface area contributed by atoms with Crippen molar-refractivity contribution >= 4 is 15.7 Å². The molecule has 5 nitrogen and oxygen atoms in total. The van der Waals surface area contributed by atoms with Gasteiger partial charge in [-0.3, -0.25) is 0 Å². The van der Waals surface area contributed by atoms with Gasteiger partial charge in [-0.1, -0.05) is 26.0 Å². The van der Waals surface area contributed by atoms with Crippen LogP contribution in [-0.4, -0.2) is 34.1 Å². The van der Waals surface area contributed by atoms with Crippen LogP contribution < -0.4 is 15.4 Å². The fraction of sp³-hybridized carbons (Fsp3) is 0.571. The number of rotatable bonds is 5. The van der Waals surface area contributed by atoms with Crippen LogP contribution in [0.25, 0.3) is 0 Å². The summed E-state index contributed by atoms with van der Waals surface area (Å²) in [5.74, 6) is 0.481. The van der Waals surface area contributed by atoms with Gasteiger partial charge in [0.2, 0.25) is 10.0 Å². The van der Waals surface area contributed by atoms with Crippen LogP contribution in [0.5, 0.6) is 0 Å². The van der Waals surface area contributed by atoms with Crippen molar-refractivity contribution in [2.75, 3.05) is 24.5 Å². The van der Waals surface area contributed by atoms with Crippen molar-refractivity contribution in [3.63, 3.8) is 0 Å². The highest BCUT2D eigenvalue weighted by Crippen LogP contribution is 2.33. The first-order chi connectivity index (χ1) is 9.51. The van der Waals surface area contributed by atoms with Crippen LogP contribution in [0.15, 0.2) is 29.2 Å². The summed E-state index contributed by atoms with van der Waals surface area (Å²) in [5.41, 5.74) is 6.62. The van der Waals surface area contributed by atoms with Crippen LogP contribution in [-0.2, 0) is 10.0 Å². The number of nitrogens with two attached hydrogens (primary N) is 1. The molecule has 112 valence electrons. The number of hydrogen-bond donors (Lipinski definition) is 2. The highest BCUT2D eigenvalue weighted by Gasteiger charge is 2.33. The summed E-state index contributed by atoms with van der Waals surface area (Å²) in [7, 11) is -3.46. The van der Waals surface area contributed by atoms with Crippen molar-refractivity contribution in [3.8, 4) is 0 Å². The molecule has 1 saturated heterocycles. The molecule has 0 bridgehead atoms. The summed E-state index contributed by atoms with van der Waals surface area (Å²) in [4.78, 5) is 2.48. The smallest absolute Gasteiger partial charge is 0.242 e. The molecule has 0 radical (unpaired) electrons. The molecule has 1 heterocycles. The van der Waals surface area contributed by atoms with Gasteiger partial charge >= 0.3 is 0 Å². The van der Waals surface area contributed by atoms with E-state index in [-0.39, 0.29) is 6.04 Å². The maximum absolute atomic E-state index is 12.3. The molecule has 1 aromatic rings. The normalized spacial score (nSPS) is 23.2. The molecule has 0 saturated carbocycles. The second-order valence-corrected chi connectivity index (χ2v) is 6.97. The van der Waals surface area contributed by atoms with Gasteiger partial charge in [0, 0.05) is 25.7 Å². The van der Waals surface area contributed by atoms with Crippen LogP contribution in [0.1, 0.15) is 20.3 Å². The molecule has 0 aliphatic carbocycles. The molecule has 1 fully saturated rings. The monoisotopic (exact) mass is 297 g/mol. The SMILES string of the molecule is CCNS(=O)(=O)c1ccccc1N1CCC(C)C1CN. The maximum Gasteiger partial charge on any atom is 0.242 e. The Hall–Kier alpha value is -1.11. The van der Waals surface area contributed by atoms with Crippen molar-refractivity contribution in [1.29, 1.82) is 0 Å². The van der Waals surface area contributed by atoms with Crippen LogP contribution in [0.3, 0.4) is 0 Å². The van der Waals surface area contributed by atoms with Gasteiger partial charge in [-0.2, -0.15) is 0 Å². The van der Waals surface area contributed by atoms with Crippen LogP contribution >= 0.6 is 0 Å². The largest absolute Gasteiger partial charge is 0.366 e. The Bertz CT molecular complexity index is 559. The number of sulfonamides is 1. The summed E-state index contributed by atoms with van der Waals surface area (Å²) in [6, 6.07) is 7.35. The molecule has 1 aliphatic rings. The average molecular weight is 297 g/mol. The third kappa shape index (κ3) is 2.82. The lowest BCUT2D eigenvalue weighted by Gasteiger charge is -2.29. The van der Waals surface area contributed by atoms with E-state index in [2.05, 4.69) is 16.5 Å². The summed E-state index contributed by atoms with van der Waals surface area (Å²) in [5, 5.41) is 0. The number of nitrogens with one attached hydrogen (secondary N) is 1. The Kier molecular flexibility index (Phi) is 4.67. The topological polar surface area (TPSA) is 75.4 Å². The zero-order valence-electron chi connectivity index (χ0n) is 12.0. The summed E-state index contributed by atoms with van der Waals surface area (Å²) in [6.07, 6.45) is 1.04. The minimum absolute atomic E-state index is 0.202. The van der Waals surface area contributed by atoms with E-state index in [1.165, 1.54) is 0 Å². The third-order valence-electron chi connectivity index (χ3n) is 3.92. The van der Waals surface area contributed by atoms with Crippen molar-refractivity contribution in [3.05, 3.63) is 24.3 Å². The molecule has 6 heteroatoms. The Morgan fingerprint density at radius 2 is 2.10 bits per heavy atom. The molecule has 20 heavy (non-hydrogen) atoms. The number of benzene rings is 1. The Balaban J connectivity index is 2.43. The molecular formula is C14H23N3O2S. The molecule has 2 atom stereocenters. The lowest BCUT2D eigenvalue weighted by molar-refractivity contribution is 0.517. The fourth-order valence-electron chi connectivity index (χ4n) is 2.86. The average Bonchev–Trinajstić information content (AvgIpc) is 2.79. The summed E-state index contributed by atoms with van der Waals surface area (Å²) >= 11 is 0. The molecule has 0 amide bonds. The second-order valence-electron chi connectivity index (χ2n) is 5.23. The van der Waals surface area contributed by atoms with Gasteiger partial charge in [-0.25, -0.2) is 13.1 Å². The van der Waals surface area contributed by atoms with E-state index in [1.54, 1.807) is 19.1 Å². The molecule has 1 aromatic carbocycles. The van der Waals surface area contributed by atoms with Gasteiger partial charge in [-0.15, -0.1) is 0 Å². The van der Waals surface area contributed by atoms with Crippen molar-refractivity contribution in [2.24, 2.45) is 11.7 Å². The Labute approximate surface area is 121 Å². The lowest BCUT2D eigenvalue weighted by Crippen LogP contribution is -2.39. The molecule has 0 aromatic heterocycles. The minimum atomic E-state index is -3.46. The Morgan fingerprint density at radius 3 is 2.75 bits per heavy atom. The van der Waals surface area contributed by atoms with E-state index in [1.807, 2.05) is 12.1 Å². The maximum atomic E-state index is 12.3. The van der Waals surface area contributed by atoms with E-state index in [4.69, 9.17) is 5.73 Å². The number of nitrogens with zero attached hydrogens (tertiary/aromatic N) is 1. The summed E-state index contributed by atoms with van der Waals surface area (Å²) in [6.45, 7) is 5.71. The first-order valence-corrected chi connectivity index (χ1v) is 8.55.